The number of rotatable bonds is 3. The molecule has 0 saturated carbocycles. The van der Waals surface area contributed by atoms with Crippen molar-refractivity contribution in [2.24, 2.45) is 0 Å². The quantitative estimate of drug-likeness (QED) is 0.928. The minimum Gasteiger partial charge on any atom is -0.289 e. The molecule has 100 valence electrons. The van der Waals surface area contributed by atoms with Crippen LogP contribution in [0.25, 0.3) is 0 Å². The molecular weight excluding hydrogens is 328 g/mol. The van der Waals surface area contributed by atoms with E-state index < -0.39 is 0 Å². The molecule has 2 aromatic rings. The first-order valence-electron chi connectivity index (χ1n) is 6.27. The Bertz CT molecular complexity index is 558. The second kappa shape index (κ2) is 5.61. The van der Waals surface area contributed by atoms with Gasteiger partial charge in [-0.2, -0.15) is 5.10 Å². The van der Waals surface area contributed by atoms with Gasteiger partial charge in [0.1, 0.15) is 12.2 Å². The molecule has 19 heavy (non-hydrogen) atoms. The minimum atomic E-state index is 0.366. The van der Waals surface area contributed by atoms with Crippen molar-refractivity contribution in [1.82, 2.24) is 20.1 Å². The number of halogens is 2. The molecule has 0 amide bonds. The first kappa shape index (κ1) is 13.1. The molecule has 6 heteroatoms. The fraction of sp³-hybridized carbons (Fsp3) is 0.385. The van der Waals surface area contributed by atoms with Gasteiger partial charge in [0.05, 0.1) is 6.54 Å². The van der Waals surface area contributed by atoms with Crippen molar-refractivity contribution in [1.29, 1.82) is 0 Å². The van der Waals surface area contributed by atoms with E-state index in [1.807, 2.05) is 12.1 Å². The van der Waals surface area contributed by atoms with Gasteiger partial charge in [-0.15, -0.1) is 0 Å². The smallest absolute Gasteiger partial charge is 0.138 e. The van der Waals surface area contributed by atoms with E-state index in [-0.39, 0.29) is 0 Å². The van der Waals surface area contributed by atoms with E-state index >= 15 is 0 Å². The summed E-state index contributed by atoms with van der Waals surface area (Å²) in [6.45, 7) is 1.86. The van der Waals surface area contributed by atoms with Gasteiger partial charge < -0.3 is 0 Å². The van der Waals surface area contributed by atoms with Gasteiger partial charge in [-0.3, -0.25) is 10.00 Å². The predicted molar refractivity (Wildman–Crippen MR) is 77.9 cm³/mol. The minimum absolute atomic E-state index is 0.366. The molecule has 1 aromatic heterocycles. The van der Waals surface area contributed by atoms with E-state index in [0.717, 1.165) is 34.8 Å². The van der Waals surface area contributed by atoms with Crippen LogP contribution in [0.4, 0.5) is 0 Å². The van der Waals surface area contributed by atoms with Crippen LogP contribution < -0.4 is 0 Å². The standard InChI is InChI=1S/C13H14BrClN4/c14-9-3-4-10(11(15)6-9)12-2-1-5-19(12)7-13-16-8-17-18-13/h3-4,6,8,12H,1-2,5,7H2,(H,16,17,18). The topological polar surface area (TPSA) is 44.8 Å². The lowest BCUT2D eigenvalue weighted by Gasteiger charge is -2.24. The maximum atomic E-state index is 6.36. The zero-order valence-electron chi connectivity index (χ0n) is 10.3. The van der Waals surface area contributed by atoms with Crippen molar-refractivity contribution in [2.75, 3.05) is 6.54 Å². The number of H-pyrrole nitrogens is 1. The highest BCUT2D eigenvalue weighted by Crippen LogP contribution is 2.37. The number of aromatic amines is 1. The van der Waals surface area contributed by atoms with Crippen LogP contribution in [-0.4, -0.2) is 26.6 Å². The summed E-state index contributed by atoms with van der Waals surface area (Å²) in [4.78, 5) is 6.59. The van der Waals surface area contributed by atoms with E-state index in [9.17, 15) is 0 Å². The van der Waals surface area contributed by atoms with Crippen molar-refractivity contribution in [3.8, 4) is 0 Å². The average molecular weight is 342 g/mol. The Hall–Kier alpha value is -0.910. The molecule has 4 nitrogen and oxygen atoms in total. The van der Waals surface area contributed by atoms with Crippen LogP contribution in [0.1, 0.15) is 30.3 Å². The summed E-state index contributed by atoms with van der Waals surface area (Å²) < 4.78 is 1.01. The lowest BCUT2D eigenvalue weighted by atomic mass is 10.0. The summed E-state index contributed by atoms with van der Waals surface area (Å²) in [5, 5.41) is 7.64. The molecule has 3 rings (SSSR count). The number of nitrogens with one attached hydrogen (secondary N) is 1. The molecule has 1 aliphatic rings. The second-order valence-electron chi connectivity index (χ2n) is 4.73. The molecular formula is C13H14BrClN4. The molecule has 0 radical (unpaired) electrons. The van der Waals surface area contributed by atoms with Gasteiger partial charge in [-0.1, -0.05) is 33.6 Å². The Kier molecular flexibility index (Phi) is 3.86. The first-order valence-corrected chi connectivity index (χ1v) is 7.44. The number of nitrogens with zero attached hydrogens (tertiary/aromatic N) is 3. The highest BCUT2D eigenvalue weighted by atomic mass is 79.9. The largest absolute Gasteiger partial charge is 0.289 e. The summed E-state index contributed by atoms with van der Waals surface area (Å²) >= 11 is 9.81. The van der Waals surface area contributed by atoms with Gasteiger partial charge in [0.25, 0.3) is 0 Å². The second-order valence-corrected chi connectivity index (χ2v) is 6.05. The third-order valence-corrected chi connectivity index (χ3v) is 4.32. The van der Waals surface area contributed by atoms with Gasteiger partial charge in [-0.05, 0) is 37.1 Å². The van der Waals surface area contributed by atoms with E-state index in [1.54, 1.807) is 6.33 Å². The summed E-state index contributed by atoms with van der Waals surface area (Å²) in [7, 11) is 0. The Morgan fingerprint density at radius 3 is 3.11 bits per heavy atom. The Morgan fingerprint density at radius 2 is 2.37 bits per heavy atom. The lowest BCUT2D eigenvalue weighted by Crippen LogP contribution is -2.23. The van der Waals surface area contributed by atoms with E-state index in [0.29, 0.717) is 6.04 Å². The van der Waals surface area contributed by atoms with Gasteiger partial charge in [-0.25, -0.2) is 4.98 Å². The van der Waals surface area contributed by atoms with Crippen molar-refractivity contribution in [2.45, 2.75) is 25.4 Å². The van der Waals surface area contributed by atoms with Gasteiger partial charge in [0, 0.05) is 15.5 Å². The molecule has 1 fully saturated rings. The molecule has 1 aliphatic heterocycles. The molecule has 0 bridgehead atoms. The molecule has 0 aliphatic carbocycles. The Balaban J connectivity index is 1.82. The molecule has 1 aromatic carbocycles. The van der Waals surface area contributed by atoms with Crippen LogP contribution in [0.2, 0.25) is 5.02 Å². The van der Waals surface area contributed by atoms with Crippen LogP contribution in [0, 0.1) is 0 Å². The first-order chi connectivity index (χ1) is 9.24. The van der Waals surface area contributed by atoms with Crippen LogP contribution in [0.5, 0.6) is 0 Å². The Labute approximate surface area is 125 Å². The average Bonchev–Trinajstić information content (AvgIpc) is 3.02. The summed E-state index contributed by atoms with van der Waals surface area (Å²) in [6, 6.07) is 6.48. The molecule has 1 atom stereocenters. The highest BCUT2D eigenvalue weighted by molar-refractivity contribution is 9.10. The summed E-state index contributed by atoms with van der Waals surface area (Å²) in [5.41, 5.74) is 1.20. The van der Waals surface area contributed by atoms with Crippen LogP contribution in [0.3, 0.4) is 0 Å². The van der Waals surface area contributed by atoms with Crippen LogP contribution >= 0.6 is 27.5 Å². The SMILES string of the molecule is Clc1cc(Br)ccc1C1CCCN1Cc1ncn[nH]1. The fourth-order valence-electron chi connectivity index (χ4n) is 2.64. The third-order valence-electron chi connectivity index (χ3n) is 3.50. The summed E-state index contributed by atoms with van der Waals surface area (Å²) in [5.74, 6) is 0.903. The van der Waals surface area contributed by atoms with E-state index in [1.165, 1.54) is 12.0 Å². The maximum Gasteiger partial charge on any atom is 0.138 e. The van der Waals surface area contributed by atoms with Gasteiger partial charge >= 0.3 is 0 Å². The number of likely N-dealkylation sites (tertiary alicyclic amines) is 1. The maximum absolute atomic E-state index is 6.36. The van der Waals surface area contributed by atoms with Gasteiger partial charge in [0.15, 0.2) is 0 Å². The number of hydrogen-bond donors (Lipinski definition) is 1. The molecule has 1 N–H and O–H groups in total. The summed E-state index contributed by atoms with van der Waals surface area (Å²) in [6.07, 6.45) is 3.87. The van der Waals surface area contributed by atoms with Crippen molar-refractivity contribution < 1.29 is 0 Å². The number of hydrogen-bond acceptors (Lipinski definition) is 3. The fourth-order valence-corrected chi connectivity index (χ4v) is 3.44. The normalized spacial score (nSPS) is 20.0. The highest BCUT2D eigenvalue weighted by Gasteiger charge is 2.28. The third kappa shape index (κ3) is 2.83. The van der Waals surface area contributed by atoms with Crippen molar-refractivity contribution >= 4 is 27.5 Å². The zero-order chi connectivity index (χ0) is 13.2. The molecule has 1 unspecified atom stereocenters. The number of aromatic nitrogens is 3. The van der Waals surface area contributed by atoms with Crippen molar-refractivity contribution in [3.05, 3.63) is 45.4 Å². The zero-order valence-corrected chi connectivity index (χ0v) is 12.7. The van der Waals surface area contributed by atoms with Crippen molar-refractivity contribution in [3.63, 3.8) is 0 Å². The molecule has 0 spiro atoms. The van der Waals surface area contributed by atoms with E-state index in [2.05, 4.69) is 42.1 Å². The lowest BCUT2D eigenvalue weighted by molar-refractivity contribution is 0.242. The van der Waals surface area contributed by atoms with Crippen LogP contribution in [-0.2, 0) is 6.54 Å². The van der Waals surface area contributed by atoms with E-state index in [4.69, 9.17) is 11.6 Å². The van der Waals surface area contributed by atoms with Gasteiger partial charge in [0.2, 0.25) is 0 Å². The Morgan fingerprint density at radius 1 is 1.47 bits per heavy atom. The van der Waals surface area contributed by atoms with Crippen LogP contribution in [0.15, 0.2) is 29.0 Å². The molecule has 1 saturated heterocycles. The molecule has 2 heterocycles. The predicted octanol–water partition coefficient (Wildman–Crippen LogP) is 3.56. The number of benzene rings is 1. The monoisotopic (exact) mass is 340 g/mol.